The van der Waals surface area contributed by atoms with Crippen LogP contribution in [0.1, 0.15) is 27.4 Å². The van der Waals surface area contributed by atoms with Gasteiger partial charge in [-0.1, -0.05) is 22.8 Å². The zero-order chi connectivity index (χ0) is 16.3. The molecular weight excluding hydrogens is 308 g/mol. The Morgan fingerprint density at radius 3 is 2.68 bits per heavy atom. The number of nitrogens with one attached hydrogen (secondary N) is 1. The van der Waals surface area contributed by atoms with E-state index >= 15 is 0 Å². The molecule has 0 radical (unpaired) electrons. The molecule has 0 fully saturated rings. The number of nitrogens with zero attached hydrogens (tertiary/aromatic N) is 1. The van der Waals surface area contributed by atoms with Crippen LogP contribution in [0.15, 0.2) is 22.7 Å². The second-order valence-corrected chi connectivity index (χ2v) is 5.22. The summed E-state index contributed by atoms with van der Waals surface area (Å²) in [6.07, 6.45) is 0. The molecule has 1 aromatic heterocycles. The van der Waals surface area contributed by atoms with E-state index in [9.17, 15) is 9.59 Å². The van der Waals surface area contributed by atoms with Crippen LogP contribution in [0.2, 0.25) is 5.02 Å². The van der Waals surface area contributed by atoms with Crippen molar-refractivity contribution in [1.29, 1.82) is 0 Å². The summed E-state index contributed by atoms with van der Waals surface area (Å²) in [6, 6.07) is 5.14. The zero-order valence-electron chi connectivity index (χ0n) is 12.4. The molecule has 0 spiro atoms. The Hall–Kier alpha value is -2.34. The van der Waals surface area contributed by atoms with Crippen molar-refractivity contribution in [3.05, 3.63) is 45.8 Å². The normalized spacial score (nSPS) is 10.4. The first-order valence-corrected chi connectivity index (χ1v) is 6.92. The number of anilines is 1. The van der Waals surface area contributed by atoms with Crippen LogP contribution < -0.4 is 5.32 Å². The lowest BCUT2D eigenvalue weighted by Gasteiger charge is -2.09. The van der Waals surface area contributed by atoms with Crippen molar-refractivity contribution in [2.75, 3.05) is 11.9 Å². The van der Waals surface area contributed by atoms with Crippen molar-refractivity contribution in [3.63, 3.8) is 0 Å². The number of ether oxygens (including phenoxy) is 1. The second kappa shape index (κ2) is 6.62. The molecule has 2 aromatic rings. The fraction of sp³-hybridized carbons (Fsp3) is 0.267. The van der Waals surface area contributed by atoms with Crippen LogP contribution in [0.4, 0.5) is 5.69 Å². The third-order valence-corrected chi connectivity index (χ3v) is 3.28. The molecule has 0 aliphatic carbocycles. The van der Waals surface area contributed by atoms with Gasteiger partial charge in [-0.15, -0.1) is 0 Å². The summed E-state index contributed by atoms with van der Waals surface area (Å²) < 4.78 is 9.85. The van der Waals surface area contributed by atoms with Crippen molar-refractivity contribution >= 4 is 29.2 Å². The molecule has 6 nitrogen and oxygen atoms in total. The van der Waals surface area contributed by atoms with Crippen LogP contribution in [-0.4, -0.2) is 23.6 Å². The SMILES string of the molecule is Cc1ccc(Cl)cc1NC(=O)COC(=O)c1c(C)noc1C. The van der Waals surface area contributed by atoms with Crippen LogP contribution in [0.25, 0.3) is 0 Å². The maximum absolute atomic E-state index is 11.9. The van der Waals surface area contributed by atoms with E-state index in [0.29, 0.717) is 22.2 Å². The minimum Gasteiger partial charge on any atom is -0.452 e. The predicted octanol–water partition coefficient (Wildman–Crippen LogP) is 3.05. The Morgan fingerprint density at radius 2 is 2.05 bits per heavy atom. The molecular formula is C15H15ClN2O4. The molecule has 7 heteroatoms. The van der Waals surface area contributed by atoms with Crippen molar-refractivity contribution < 1.29 is 18.8 Å². The molecule has 0 unspecified atom stereocenters. The predicted molar refractivity (Wildman–Crippen MR) is 81.1 cm³/mol. The van der Waals surface area contributed by atoms with Gasteiger partial charge in [0, 0.05) is 10.7 Å². The van der Waals surface area contributed by atoms with Gasteiger partial charge in [-0.05, 0) is 38.5 Å². The van der Waals surface area contributed by atoms with E-state index in [1.54, 1.807) is 32.0 Å². The summed E-state index contributed by atoms with van der Waals surface area (Å²) in [4.78, 5) is 23.8. The number of halogens is 1. The molecule has 0 saturated heterocycles. The Kier molecular flexibility index (Phi) is 4.82. The number of aromatic nitrogens is 1. The number of amides is 1. The molecule has 22 heavy (non-hydrogen) atoms. The van der Waals surface area contributed by atoms with E-state index in [1.807, 2.05) is 6.92 Å². The lowest BCUT2D eigenvalue weighted by Crippen LogP contribution is -2.21. The number of rotatable bonds is 4. The third-order valence-electron chi connectivity index (χ3n) is 3.05. The van der Waals surface area contributed by atoms with E-state index in [4.69, 9.17) is 20.9 Å². The first kappa shape index (κ1) is 16.0. The molecule has 1 heterocycles. The topological polar surface area (TPSA) is 81.4 Å². The van der Waals surface area contributed by atoms with Gasteiger partial charge in [0.05, 0.1) is 5.69 Å². The summed E-state index contributed by atoms with van der Waals surface area (Å²) >= 11 is 5.88. The van der Waals surface area contributed by atoms with Crippen LogP contribution in [0.3, 0.4) is 0 Å². The highest BCUT2D eigenvalue weighted by atomic mass is 35.5. The molecule has 0 aliphatic rings. The number of hydrogen-bond donors (Lipinski definition) is 1. The molecule has 0 aliphatic heterocycles. The van der Waals surface area contributed by atoms with Crippen molar-refractivity contribution in [1.82, 2.24) is 5.16 Å². The fourth-order valence-corrected chi connectivity index (χ4v) is 2.06. The van der Waals surface area contributed by atoms with Gasteiger partial charge in [0.1, 0.15) is 11.3 Å². The lowest BCUT2D eigenvalue weighted by molar-refractivity contribution is -0.119. The second-order valence-electron chi connectivity index (χ2n) is 4.78. The number of carbonyl (C=O) groups is 2. The van der Waals surface area contributed by atoms with E-state index in [0.717, 1.165) is 5.56 Å². The minimum absolute atomic E-state index is 0.242. The molecule has 1 aromatic carbocycles. The molecule has 0 bridgehead atoms. The number of aryl methyl sites for hydroxylation is 3. The van der Waals surface area contributed by atoms with E-state index in [2.05, 4.69) is 10.5 Å². The van der Waals surface area contributed by atoms with Gasteiger partial charge < -0.3 is 14.6 Å². The third kappa shape index (κ3) is 3.65. The van der Waals surface area contributed by atoms with Gasteiger partial charge in [-0.25, -0.2) is 4.79 Å². The first-order valence-electron chi connectivity index (χ1n) is 6.54. The highest BCUT2D eigenvalue weighted by molar-refractivity contribution is 6.31. The largest absolute Gasteiger partial charge is 0.452 e. The average Bonchev–Trinajstić information content (AvgIpc) is 2.80. The Labute approximate surface area is 132 Å². The molecule has 2 rings (SSSR count). The van der Waals surface area contributed by atoms with Gasteiger partial charge in [-0.3, -0.25) is 4.79 Å². The van der Waals surface area contributed by atoms with Crippen LogP contribution in [0, 0.1) is 20.8 Å². The summed E-state index contributed by atoms with van der Waals surface area (Å²) in [7, 11) is 0. The van der Waals surface area contributed by atoms with Crippen molar-refractivity contribution in [2.24, 2.45) is 0 Å². The number of benzene rings is 1. The lowest BCUT2D eigenvalue weighted by atomic mass is 10.2. The average molecular weight is 323 g/mol. The van der Waals surface area contributed by atoms with E-state index in [-0.39, 0.29) is 5.56 Å². The first-order chi connectivity index (χ1) is 10.4. The van der Waals surface area contributed by atoms with Gasteiger partial charge in [0.15, 0.2) is 6.61 Å². The Bertz CT molecular complexity index is 705. The van der Waals surface area contributed by atoms with Gasteiger partial charge >= 0.3 is 5.97 Å². The number of esters is 1. The minimum atomic E-state index is -0.644. The van der Waals surface area contributed by atoms with Crippen molar-refractivity contribution in [3.8, 4) is 0 Å². The molecule has 0 saturated carbocycles. The summed E-state index contributed by atoms with van der Waals surface area (Å²) in [5.41, 5.74) is 2.10. The summed E-state index contributed by atoms with van der Waals surface area (Å²) in [6.45, 7) is 4.66. The number of hydrogen-bond acceptors (Lipinski definition) is 5. The van der Waals surface area contributed by atoms with Gasteiger partial charge in [-0.2, -0.15) is 0 Å². The standard InChI is InChI=1S/C15H15ClN2O4/c1-8-4-5-11(16)6-12(8)17-13(19)7-21-15(20)14-9(2)18-22-10(14)3/h4-6H,7H2,1-3H3,(H,17,19). The van der Waals surface area contributed by atoms with Crippen LogP contribution in [0.5, 0.6) is 0 Å². The number of carbonyl (C=O) groups excluding carboxylic acids is 2. The zero-order valence-corrected chi connectivity index (χ0v) is 13.2. The molecule has 1 N–H and O–H groups in total. The highest BCUT2D eigenvalue weighted by Gasteiger charge is 2.20. The highest BCUT2D eigenvalue weighted by Crippen LogP contribution is 2.20. The van der Waals surface area contributed by atoms with Crippen molar-refractivity contribution in [2.45, 2.75) is 20.8 Å². The summed E-state index contributed by atoms with van der Waals surface area (Å²) in [5.74, 6) is -0.742. The van der Waals surface area contributed by atoms with Gasteiger partial charge in [0.25, 0.3) is 5.91 Å². The maximum Gasteiger partial charge on any atom is 0.344 e. The van der Waals surface area contributed by atoms with Crippen LogP contribution >= 0.6 is 11.6 Å². The quantitative estimate of drug-likeness (QED) is 0.875. The Morgan fingerprint density at radius 1 is 1.32 bits per heavy atom. The van der Waals surface area contributed by atoms with E-state index < -0.39 is 18.5 Å². The monoisotopic (exact) mass is 322 g/mol. The fourth-order valence-electron chi connectivity index (χ4n) is 1.89. The molecule has 0 atom stereocenters. The molecule has 1 amide bonds. The van der Waals surface area contributed by atoms with Crippen LogP contribution in [-0.2, 0) is 9.53 Å². The maximum atomic E-state index is 11.9. The Balaban J connectivity index is 1.96. The van der Waals surface area contributed by atoms with Gasteiger partial charge in [0.2, 0.25) is 0 Å². The van der Waals surface area contributed by atoms with E-state index in [1.165, 1.54) is 0 Å². The molecule has 116 valence electrons. The summed E-state index contributed by atoms with van der Waals surface area (Å²) in [5, 5.41) is 6.81. The smallest absolute Gasteiger partial charge is 0.344 e.